The highest BCUT2D eigenvalue weighted by Crippen LogP contribution is 2.31. The van der Waals surface area contributed by atoms with Crippen molar-refractivity contribution in [2.24, 2.45) is 5.92 Å². The quantitative estimate of drug-likeness (QED) is 0.811. The first-order valence-electron chi connectivity index (χ1n) is 8.56. The van der Waals surface area contributed by atoms with Crippen LogP contribution in [0.3, 0.4) is 0 Å². The summed E-state index contributed by atoms with van der Waals surface area (Å²) in [6.45, 7) is 1.96. The fourth-order valence-electron chi connectivity index (χ4n) is 3.55. The molecule has 0 N–H and O–H groups in total. The fourth-order valence-corrected chi connectivity index (χ4v) is 5.24. The van der Waals surface area contributed by atoms with Gasteiger partial charge in [-0.15, -0.1) is 0 Å². The molecule has 0 aliphatic carbocycles. The van der Waals surface area contributed by atoms with E-state index in [-0.39, 0.29) is 29.0 Å². The number of carbonyl (C=O) groups is 1. The van der Waals surface area contributed by atoms with Gasteiger partial charge in [0.1, 0.15) is 16.5 Å². The molecule has 2 aliphatic rings. The Bertz CT molecular complexity index is 747. The summed E-state index contributed by atoms with van der Waals surface area (Å²) in [4.78, 5) is 14.2. The van der Waals surface area contributed by atoms with Gasteiger partial charge in [-0.3, -0.25) is 4.79 Å². The zero-order chi connectivity index (χ0) is 18.0. The number of halogens is 1. The van der Waals surface area contributed by atoms with E-state index >= 15 is 0 Å². The highest BCUT2D eigenvalue weighted by Gasteiger charge is 2.36. The Labute approximate surface area is 147 Å². The molecule has 1 aromatic carbocycles. The standard InChI is InChI=1S/C17H23FN2O4S/c1-24-15-7-6-14(18)11-16(15)25(22,23)20-10-4-5-13(12-20)17(21)19-8-2-3-9-19/h6-7,11,13H,2-5,8-10,12H2,1H3/t13-/m0/s1. The highest BCUT2D eigenvalue weighted by molar-refractivity contribution is 7.89. The number of rotatable bonds is 4. The summed E-state index contributed by atoms with van der Waals surface area (Å²) in [6, 6.07) is 3.44. The van der Waals surface area contributed by atoms with Crippen molar-refractivity contribution in [1.29, 1.82) is 0 Å². The van der Waals surface area contributed by atoms with Crippen LogP contribution in [0.1, 0.15) is 25.7 Å². The van der Waals surface area contributed by atoms with E-state index in [0.29, 0.717) is 19.4 Å². The Morgan fingerprint density at radius 2 is 1.92 bits per heavy atom. The van der Waals surface area contributed by atoms with Gasteiger partial charge in [-0.05, 0) is 43.9 Å². The van der Waals surface area contributed by atoms with Crippen molar-refractivity contribution in [3.63, 3.8) is 0 Å². The number of ether oxygens (including phenoxy) is 1. The van der Waals surface area contributed by atoms with Gasteiger partial charge in [0.15, 0.2) is 0 Å². The predicted octanol–water partition coefficient (Wildman–Crippen LogP) is 1.86. The third-order valence-electron chi connectivity index (χ3n) is 4.89. The van der Waals surface area contributed by atoms with E-state index in [2.05, 4.69) is 0 Å². The van der Waals surface area contributed by atoms with Crippen LogP contribution in [0.5, 0.6) is 5.75 Å². The van der Waals surface area contributed by atoms with Gasteiger partial charge in [0, 0.05) is 26.2 Å². The molecule has 1 aromatic rings. The minimum Gasteiger partial charge on any atom is -0.495 e. The van der Waals surface area contributed by atoms with Crippen LogP contribution in [-0.2, 0) is 14.8 Å². The number of nitrogens with zero attached hydrogens (tertiary/aromatic N) is 2. The first-order chi connectivity index (χ1) is 11.9. The molecule has 2 fully saturated rings. The number of methoxy groups -OCH3 is 1. The topological polar surface area (TPSA) is 66.9 Å². The van der Waals surface area contributed by atoms with Crippen molar-refractivity contribution >= 4 is 15.9 Å². The Morgan fingerprint density at radius 3 is 2.60 bits per heavy atom. The van der Waals surface area contributed by atoms with E-state index in [0.717, 1.165) is 38.1 Å². The van der Waals surface area contributed by atoms with Gasteiger partial charge >= 0.3 is 0 Å². The number of amides is 1. The monoisotopic (exact) mass is 370 g/mol. The average molecular weight is 370 g/mol. The molecular weight excluding hydrogens is 347 g/mol. The maximum atomic E-state index is 13.6. The van der Waals surface area contributed by atoms with Gasteiger partial charge in [-0.2, -0.15) is 4.31 Å². The van der Waals surface area contributed by atoms with Crippen LogP contribution in [0.15, 0.2) is 23.1 Å². The van der Waals surface area contributed by atoms with Gasteiger partial charge in [0.2, 0.25) is 15.9 Å². The van der Waals surface area contributed by atoms with Crippen molar-refractivity contribution in [2.75, 3.05) is 33.3 Å². The number of benzene rings is 1. The van der Waals surface area contributed by atoms with Crippen molar-refractivity contribution in [3.05, 3.63) is 24.0 Å². The zero-order valence-corrected chi connectivity index (χ0v) is 15.1. The van der Waals surface area contributed by atoms with Gasteiger partial charge in [0.05, 0.1) is 13.0 Å². The third kappa shape index (κ3) is 3.64. The summed E-state index contributed by atoms with van der Waals surface area (Å²) >= 11 is 0. The molecule has 6 nitrogen and oxygen atoms in total. The van der Waals surface area contributed by atoms with Crippen LogP contribution in [0.4, 0.5) is 4.39 Å². The molecule has 0 unspecified atom stereocenters. The molecule has 1 amide bonds. The Morgan fingerprint density at radius 1 is 1.20 bits per heavy atom. The molecule has 138 valence electrons. The van der Waals surface area contributed by atoms with Crippen molar-refractivity contribution in [1.82, 2.24) is 9.21 Å². The normalized spacial score (nSPS) is 22.2. The highest BCUT2D eigenvalue weighted by atomic mass is 32.2. The van der Waals surface area contributed by atoms with Crippen molar-refractivity contribution in [2.45, 2.75) is 30.6 Å². The first kappa shape index (κ1) is 18.1. The van der Waals surface area contributed by atoms with Gasteiger partial charge in [-0.1, -0.05) is 0 Å². The molecule has 1 atom stereocenters. The van der Waals surface area contributed by atoms with Crippen LogP contribution in [0.2, 0.25) is 0 Å². The number of sulfonamides is 1. The number of piperidine rings is 1. The van der Waals surface area contributed by atoms with E-state index in [9.17, 15) is 17.6 Å². The number of hydrogen-bond acceptors (Lipinski definition) is 4. The predicted molar refractivity (Wildman–Crippen MR) is 90.2 cm³/mol. The minimum absolute atomic E-state index is 0.0311. The lowest BCUT2D eigenvalue weighted by molar-refractivity contribution is -0.135. The van der Waals surface area contributed by atoms with Gasteiger partial charge in [-0.25, -0.2) is 12.8 Å². The molecule has 0 saturated carbocycles. The maximum Gasteiger partial charge on any atom is 0.246 e. The van der Waals surface area contributed by atoms with Crippen LogP contribution in [0, 0.1) is 11.7 Å². The van der Waals surface area contributed by atoms with Crippen molar-refractivity contribution < 1.29 is 22.3 Å². The van der Waals surface area contributed by atoms with E-state index in [1.54, 1.807) is 0 Å². The van der Waals surface area contributed by atoms with Crippen LogP contribution < -0.4 is 4.74 Å². The SMILES string of the molecule is COc1ccc(F)cc1S(=O)(=O)N1CCC[C@H](C(=O)N2CCCC2)C1. The largest absolute Gasteiger partial charge is 0.495 e. The van der Waals surface area contributed by atoms with E-state index in [1.165, 1.54) is 17.5 Å². The molecule has 2 saturated heterocycles. The molecule has 2 heterocycles. The number of likely N-dealkylation sites (tertiary alicyclic amines) is 1. The second kappa shape index (κ2) is 7.29. The zero-order valence-electron chi connectivity index (χ0n) is 14.3. The van der Waals surface area contributed by atoms with Crippen LogP contribution >= 0.6 is 0 Å². The Kier molecular flexibility index (Phi) is 5.29. The third-order valence-corrected chi connectivity index (χ3v) is 6.78. The van der Waals surface area contributed by atoms with Gasteiger partial charge < -0.3 is 9.64 Å². The van der Waals surface area contributed by atoms with E-state index in [1.807, 2.05) is 4.90 Å². The Balaban J connectivity index is 1.82. The molecule has 0 spiro atoms. The first-order valence-corrected chi connectivity index (χ1v) is 10.00. The summed E-state index contributed by atoms with van der Waals surface area (Å²) in [5.41, 5.74) is 0. The molecular formula is C17H23FN2O4S. The lowest BCUT2D eigenvalue weighted by atomic mass is 9.98. The van der Waals surface area contributed by atoms with Crippen LogP contribution in [0.25, 0.3) is 0 Å². The van der Waals surface area contributed by atoms with E-state index < -0.39 is 15.8 Å². The lowest BCUT2D eigenvalue weighted by Gasteiger charge is -2.33. The number of hydrogen-bond donors (Lipinski definition) is 0. The average Bonchev–Trinajstić information content (AvgIpc) is 3.16. The smallest absolute Gasteiger partial charge is 0.246 e. The maximum absolute atomic E-state index is 13.6. The minimum atomic E-state index is -3.92. The second-order valence-corrected chi connectivity index (χ2v) is 8.44. The lowest BCUT2D eigenvalue weighted by Crippen LogP contribution is -2.46. The molecule has 0 aromatic heterocycles. The summed E-state index contributed by atoms with van der Waals surface area (Å²) in [5.74, 6) is -0.833. The van der Waals surface area contributed by atoms with Crippen molar-refractivity contribution in [3.8, 4) is 5.75 Å². The van der Waals surface area contributed by atoms with Gasteiger partial charge in [0.25, 0.3) is 0 Å². The van der Waals surface area contributed by atoms with E-state index in [4.69, 9.17) is 4.74 Å². The molecule has 3 rings (SSSR count). The molecule has 8 heteroatoms. The summed E-state index contributed by atoms with van der Waals surface area (Å²) in [7, 11) is -2.57. The summed E-state index contributed by atoms with van der Waals surface area (Å²) in [6.07, 6.45) is 3.30. The molecule has 25 heavy (non-hydrogen) atoms. The summed E-state index contributed by atoms with van der Waals surface area (Å²) < 4.78 is 45.9. The molecule has 0 bridgehead atoms. The van der Waals surface area contributed by atoms with Crippen LogP contribution in [-0.4, -0.2) is 56.8 Å². The molecule has 0 radical (unpaired) electrons. The Hall–Kier alpha value is -1.67. The fraction of sp³-hybridized carbons (Fsp3) is 0.588. The molecule has 2 aliphatic heterocycles. The summed E-state index contributed by atoms with van der Waals surface area (Å²) in [5, 5.41) is 0. The number of carbonyl (C=O) groups excluding carboxylic acids is 1. The second-order valence-electron chi connectivity index (χ2n) is 6.53.